The van der Waals surface area contributed by atoms with Gasteiger partial charge in [-0.15, -0.1) is 11.6 Å². The molecule has 0 aliphatic heterocycles. The van der Waals surface area contributed by atoms with Crippen LogP contribution >= 0.6 is 27.5 Å². The fourth-order valence-corrected chi connectivity index (χ4v) is 4.66. The van der Waals surface area contributed by atoms with Crippen LogP contribution in [0.2, 0.25) is 0 Å². The van der Waals surface area contributed by atoms with Crippen LogP contribution < -0.4 is 4.74 Å². The summed E-state index contributed by atoms with van der Waals surface area (Å²) in [6.45, 7) is 2.08. The minimum Gasteiger partial charge on any atom is -0.496 e. The molecule has 0 saturated heterocycles. The third-order valence-electron chi connectivity index (χ3n) is 4.87. The number of methoxy groups -OCH3 is 1. The highest BCUT2D eigenvalue weighted by molar-refractivity contribution is 9.10. The molecule has 1 nitrogen and oxygen atoms in total. The van der Waals surface area contributed by atoms with Gasteiger partial charge < -0.3 is 4.74 Å². The highest BCUT2D eigenvalue weighted by Gasteiger charge is 2.54. The van der Waals surface area contributed by atoms with Gasteiger partial charge in [-0.05, 0) is 55.2 Å². The number of ether oxygens (including phenoxy) is 1. The molecule has 0 amide bonds. The molecule has 0 spiro atoms. The highest BCUT2D eigenvalue weighted by Crippen LogP contribution is 2.63. The van der Waals surface area contributed by atoms with Crippen molar-refractivity contribution in [3.8, 4) is 5.75 Å². The topological polar surface area (TPSA) is 9.23 Å². The predicted octanol–water partition coefficient (Wildman–Crippen LogP) is 5.48. The summed E-state index contributed by atoms with van der Waals surface area (Å²) in [5.41, 5.74) is 2.35. The average Bonchev–Trinajstić information content (AvgIpc) is 3.14. The number of fused-ring (bicyclic) bond motifs is 1. The second kappa shape index (κ2) is 5.29. The SMILES string of the molecule is COc1cc(C)c(Br)cc1C(Cl)C1C2CCCCC21. The van der Waals surface area contributed by atoms with Crippen LogP contribution in [0.3, 0.4) is 0 Å². The quantitative estimate of drug-likeness (QED) is 0.660. The Morgan fingerprint density at radius 3 is 2.47 bits per heavy atom. The Morgan fingerprint density at radius 2 is 1.89 bits per heavy atom. The van der Waals surface area contributed by atoms with E-state index in [4.69, 9.17) is 16.3 Å². The molecule has 19 heavy (non-hydrogen) atoms. The lowest BCUT2D eigenvalue weighted by Crippen LogP contribution is -2.00. The lowest BCUT2D eigenvalue weighted by atomic mass is 10.0. The average molecular weight is 344 g/mol. The lowest BCUT2D eigenvalue weighted by molar-refractivity contribution is 0.406. The standard InChI is InChI=1S/C16H20BrClO/c1-9-7-14(19-2)12(8-13(9)17)16(18)15-10-5-3-4-6-11(10)15/h7-8,10-11,15-16H,3-6H2,1-2H3. The number of hydrogen-bond donors (Lipinski definition) is 0. The van der Waals surface area contributed by atoms with Gasteiger partial charge in [0.05, 0.1) is 12.5 Å². The first kappa shape index (κ1) is 13.8. The molecular weight excluding hydrogens is 324 g/mol. The minimum absolute atomic E-state index is 0.0972. The van der Waals surface area contributed by atoms with Crippen LogP contribution in [0.15, 0.2) is 16.6 Å². The fraction of sp³-hybridized carbons (Fsp3) is 0.625. The van der Waals surface area contributed by atoms with Crippen LogP contribution in [0.5, 0.6) is 5.75 Å². The molecule has 1 aromatic carbocycles. The number of benzene rings is 1. The van der Waals surface area contributed by atoms with E-state index in [1.165, 1.54) is 31.2 Å². The highest BCUT2D eigenvalue weighted by atomic mass is 79.9. The number of aryl methyl sites for hydroxylation is 1. The van der Waals surface area contributed by atoms with Crippen LogP contribution in [-0.4, -0.2) is 7.11 Å². The Morgan fingerprint density at radius 1 is 1.26 bits per heavy atom. The van der Waals surface area contributed by atoms with Crippen molar-refractivity contribution >= 4 is 27.5 Å². The van der Waals surface area contributed by atoms with E-state index in [1.54, 1.807) is 7.11 Å². The van der Waals surface area contributed by atoms with Crippen molar-refractivity contribution in [3.63, 3.8) is 0 Å². The Bertz CT molecular complexity index is 476. The van der Waals surface area contributed by atoms with Crippen molar-refractivity contribution in [1.29, 1.82) is 0 Å². The van der Waals surface area contributed by atoms with E-state index >= 15 is 0 Å². The van der Waals surface area contributed by atoms with Crippen molar-refractivity contribution in [2.24, 2.45) is 17.8 Å². The molecule has 3 heteroatoms. The van der Waals surface area contributed by atoms with E-state index in [1.807, 2.05) is 0 Å². The van der Waals surface area contributed by atoms with Gasteiger partial charge in [0, 0.05) is 10.0 Å². The molecule has 3 atom stereocenters. The van der Waals surface area contributed by atoms with Crippen LogP contribution in [0.1, 0.15) is 42.2 Å². The lowest BCUT2D eigenvalue weighted by Gasteiger charge is -2.16. The van der Waals surface area contributed by atoms with Gasteiger partial charge in [0.15, 0.2) is 0 Å². The Kier molecular flexibility index (Phi) is 3.83. The molecule has 3 unspecified atom stereocenters. The van der Waals surface area contributed by atoms with Crippen molar-refractivity contribution in [1.82, 2.24) is 0 Å². The largest absolute Gasteiger partial charge is 0.496 e. The first-order chi connectivity index (χ1) is 9.13. The van der Waals surface area contributed by atoms with Gasteiger partial charge >= 0.3 is 0 Å². The van der Waals surface area contributed by atoms with Gasteiger partial charge in [0.25, 0.3) is 0 Å². The first-order valence-electron chi connectivity index (χ1n) is 7.11. The van der Waals surface area contributed by atoms with E-state index in [-0.39, 0.29) is 5.38 Å². The number of alkyl halides is 1. The fourth-order valence-electron chi connectivity index (χ4n) is 3.75. The third-order valence-corrected chi connectivity index (χ3v) is 6.25. The van der Waals surface area contributed by atoms with Crippen LogP contribution in [0.25, 0.3) is 0 Å². The smallest absolute Gasteiger partial charge is 0.123 e. The van der Waals surface area contributed by atoms with Crippen molar-refractivity contribution in [2.45, 2.75) is 38.0 Å². The van der Waals surface area contributed by atoms with E-state index in [2.05, 4.69) is 35.0 Å². The van der Waals surface area contributed by atoms with Gasteiger partial charge in [0.1, 0.15) is 5.75 Å². The summed E-state index contributed by atoms with van der Waals surface area (Å²) in [5.74, 6) is 3.32. The molecule has 0 bridgehead atoms. The summed E-state index contributed by atoms with van der Waals surface area (Å²) < 4.78 is 6.65. The van der Waals surface area contributed by atoms with E-state index in [9.17, 15) is 0 Å². The van der Waals surface area contributed by atoms with Gasteiger partial charge in [-0.3, -0.25) is 0 Å². The Balaban J connectivity index is 1.87. The molecule has 2 saturated carbocycles. The zero-order valence-corrected chi connectivity index (χ0v) is 13.8. The number of hydrogen-bond acceptors (Lipinski definition) is 1. The molecule has 0 aromatic heterocycles. The van der Waals surface area contributed by atoms with Crippen LogP contribution in [-0.2, 0) is 0 Å². The maximum absolute atomic E-state index is 6.79. The summed E-state index contributed by atoms with van der Waals surface area (Å²) in [6, 6.07) is 4.23. The summed E-state index contributed by atoms with van der Waals surface area (Å²) in [6.07, 6.45) is 5.51. The maximum Gasteiger partial charge on any atom is 0.123 e. The number of rotatable bonds is 3. The van der Waals surface area contributed by atoms with E-state index in [0.717, 1.165) is 27.6 Å². The molecule has 0 heterocycles. The number of halogens is 2. The minimum atomic E-state index is 0.0972. The van der Waals surface area contributed by atoms with Crippen molar-refractivity contribution in [3.05, 3.63) is 27.7 Å². The van der Waals surface area contributed by atoms with E-state index < -0.39 is 0 Å². The molecule has 1 aromatic rings. The molecule has 0 N–H and O–H groups in total. The second-order valence-corrected chi connectivity index (χ2v) is 7.26. The van der Waals surface area contributed by atoms with Crippen molar-refractivity contribution in [2.75, 3.05) is 7.11 Å². The molecule has 2 aliphatic rings. The zero-order valence-electron chi connectivity index (χ0n) is 11.5. The van der Waals surface area contributed by atoms with Crippen molar-refractivity contribution < 1.29 is 4.74 Å². The predicted molar refractivity (Wildman–Crippen MR) is 83.0 cm³/mol. The van der Waals surface area contributed by atoms with Gasteiger partial charge in [-0.1, -0.05) is 28.8 Å². The van der Waals surface area contributed by atoms with E-state index in [0.29, 0.717) is 5.92 Å². The van der Waals surface area contributed by atoms with Crippen LogP contribution in [0.4, 0.5) is 0 Å². The molecule has 2 aliphatic carbocycles. The van der Waals surface area contributed by atoms with Gasteiger partial charge in [0.2, 0.25) is 0 Å². The summed E-state index contributed by atoms with van der Waals surface area (Å²) in [7, 11) is 1.73. The zero-order chi connectivity index (χ0) is 13.6. The normalized spacial score (nSPS) is 30.6. The van der Waals surface area contributed by atoms with Gasteiger partial charge in [-0.2, -0.15) is 0 Å². The summed E-state index contributed by atoms with van der Waals surface area (Å²) >= 11 is 10.4. The molecule has 2 fully saturated rings. The molecule has 104 valence electrons. The molecule has 0 radical (unpaired) electrons. The van der Waals surface area contributed by atoms with Crippen LogP contribution in [0, 0.1) is 24.7 Å². The molecule has 3 rings (SSSR count). The maximum atomic E-state index is 6.79. The first-order valence-corrected chi connectivity index (χ1v) is 8.34. The summed E-state index contributed by atoms with van der Waals surface area (Å²) in [4.78, 5) is 0. The summed E-state index contributed by atoms with van der Waals surface area (Å²) in [5, 5.41) is 0.0972. The third kappa shape index (κ3) is 2.42. The Hall–Kier alpha value is -0.210. The Labute approximate surface area is 128 Å². The second-order valence-electron chi connectivity index (χ2n) is 5.93. The monoisotopic (exact) mass is 342 g/mol. The molecular formula is C16H20BrClO. The van der Waals surface area contributed by atoms with Gasteiger partial charge in [-0.25, -0.2) is 0 Å².